The average Bonchev–Trinajstić information content (AvgIpc) is 1.88. The predicted molar refractivity (Wildman–Crippen MR) is 37.1 cm³/mol. The minimum Gasteiger partial charge on any atom is -0.264 e. The summed E-state index contributed by atoms with van der Waals surface area (Å²) < 4.78 is 0. The van der Waals surface area contributed by atoms with E-state index in [-0.39, 0.29) is 0 Å². The van der Waals surface area contributed by atoms with E-state index in [2.05, 4.69) is 4.98 Å². The third-order valence-electron chi connectivity index (χ3n) is 1.00. The van der Waals surface area contributed by atoms with Crippen molar-refractivity contribution in [3.63, 3.8) is 0 Å². The smallest absolute Gasteiger partial charge is 0.141 e. The van der Waals surface area contributed by atoms with Gasteiger partial charge in [-0.2, -0.15) is 5.26 Å². The van der Waals surface area contributed by atoms with Gasteiger partial charge in [0, 0.05) is 12.4 Å². The molecule has 3 heteroatoms. The Labute approximate surface area is 54.6 Å². The van der Waals surface area contributed by atoms with Gasteiger partial charge in [-0.05, 0) is 6.07 Å². The van der Waals surface area contributed by atoms with Crippen molar-refractivity contribution < 1.29 is 0 Å². The molecule has 0 fully saturated rings. The molecule has 1 rings (SSSR count). The van der Waals surface area contributed by atoms with E-state index in [1.54, 1.807) is 18.5 Å². The molecular weight excluding hydrogens is 111 g/mol. The minimum absolute atomic E-state index is 0.620. The number of hydrogen-bond acceptors (Lipinski definition) is 2. The molecule has 0 aliphatic rings. The molecule has 0 radical (unpaired) electrons. The van der Waals surface area contributed by atoms with E-state index in [1.807, 2.05) is 13.9 Å². The van der Waals surface area contributed by atoms with Crippen molar-refractivity contribution >= 4 is 13.3 Å². The van der Waals surface area contributed by atoms with Crippen LogP contribution < -0.4 is 5.46 Å². The number of nitrogens with zero attached hydrogens (tertiary/aromatic N) is 2. The van der Waals surface area contributed by atoms with Crippen LogP contribution in [-0.2, 0) is 0 Å². The third kappa shape index (κ3) is 1.30. The summed E-state index contributed by atoms with van der Waals surface area (Å²) in [6.45, 7) is 0. The molecule has 42 valence electrons. The minimum atomic E-state index is 0.620. The lowest BCUT2D eigenvalue weighted by Crippen LogP contribution is -2.02. The van der Waals surface area contributed by atoms with E-state index >= 15 is 0 Å². The normalized spacial score (nSPS) is 8.33. The zero-order chi connectivity index (χ0) is 6.69. The molecule has 0 amide bonds. The average molecular weight is 116 g/mol. The van der Waals surface area contributed by atoms with Crippen LogP contribution in [0.3, 0.4) is 0 Å². The van der Waals surface area contributed by atoms with E-state index in [1.165, 1.54) is 0 Å². The van der Waals surface area contributed by atoms with E-state index < -0.39 is 0 Å². The fraction of sp³-hybridized carbons (Fsp3) is 0. The van der Waals surface area contributed by atoms with E-state index in [0.29, 0.717) is 5.56 Å². The van der Waals surface area contributed by atoms with Gasteiger partial charge in [0.25, 0.3) is 0 Å². The van der Waals surface area contributed by atoms with Gasteiger partial charge in [0.15, 0.2) is 0 Å². The quantitative estimate of drug-likeness (QED) is 0.416. The monoisotopic (exact) mass is 116 g/mol. The number of rotatable bonds is 0. The summed E-state index contributed by atoms with van der Waals surface area (Å²) in [5.74, 6) is 0. The fourth-order valence-corrected chi connectivity index (χ4v) is 0.616. The van der Waals surface area contributed by atoms with Crippen molar-refractivity contribution in [1.82, 2.24) is 4.98 Å². The topological polar surface area (TPSA) is 36.7 Å². The maximum Gasteiger partial charge on any atom is 0.141 e. The largest absolute Gasteiger partial charge is 0.264 e. The molecule has 1 aromatic rings. The maximum absolute atomic E-state index is 8.37. The molecule has 0 unspecified atom stereocenters. The molecule has 0 aliphatic carbocycles. The zero-order valence-electron chi connectivity index (χ0n) is 5.13. The van der Waals surface area contributed by atoms with E-state index in [9.17, 15) is 0 Å². The van der Waals surface area contributed by atoms with Gasteiger partial charge < -0.3 is 0 Å². The van der Waals surface area contributed by atoms with Crippen LogP contribution in [0.25, 0.3) is 0 Å². The summed E-state index contributed by atoms with van der Waals surface area (Å²) in [5.41, 5.74) is 1.64. The lowest BCUT2D eigenvalue weighted by molar-refractivity contribution is 1.32. The Hall–Kier alpha value is -1.30. The highest BCUT2D eigenvalue weighted by molar-refractivity contribution is 6.32. The van der Waals surface area contributed by atoms with Crippen LogP contribution in [0.5, 0.6) is 0 Å². The van der Waals surface area contributed by atoms with E-state index in [0.717, 1.165) is 5.46 Å². The van der Waals surface area contributed by atoms with Crippen molar-refractivity contribution in [2.24, 2.45) is 0 Å². The van der Waals surface area contributed by atoms with E-state index in [4.69, 9.17) is 5.26 Å². The van der Waals surface area contributed by atoms with Crippen LogP contribution in [0.1, 0.15) is 5.56 Å². The summed E-state index contributed by atoms with van der Waals surface area (Å²) in [5, 5.41) is 8.37. The van der Waals surface area contributed by atoms with Crippen LogP contribution in [0.2, 0.25) is 0 Å². The van der Waals surface area contributed by atoms with Crippen molar-refractivity contribution in [2.45, 2.75) is 0 Å². The number of pyridine rings is 1. The van der Waals surface area contributed by atoms with Crippen LogP contribution in [0.4, 0.5) is 0 Å². The highest BCUT2D eigenvalue weighted by Crippen LogP contribution is 1.86. The van der Waals surface area contributed by atoms with Crippen LogP contribution in [0, 0.1) is 11.3 Å². The SMILES string of the molecule is Bc1cncc(C#N)c1. The summed E-state index contributed by atoms with van der Waals surface area (Å²) in [4.78, 5) is 3.83. The second kappa shape index (κ2) is 2.32. The van der Waals surface area contributed by atoms with Crippen molar-refractivity contribution in [1.29, 1.82) is 5.26 Å². The molecule has 0 spiro atoms. The number of aromatic nitrogens is 1. The van der Waals surface area contributed by atoms with Crippen LogP contribution in [0.15, 0.2) is 18.5 Å². The summed E-state index contributed by atoms with van der Waals surface area (Å²) in [6.07, 6.45) is 3.27. The van der Waals surface area contributed by atoms with Gasteiger partial charge in [-0.15, -0.1) is 0 Å². The van der Waals surface area contributed by atoms with Gasteiger partial charge in [-0.1, -0.05) is 5.46 Å². The Kier molecular flexibility index (Phi) is 1.50. The maximum atomic E-state index is 8.37. The Bertz CT molecular complexity index is 251. The lowest BCUT2D eigenvalue weighted by Gasteiger charge is -1.87. The molecule has 1 aromatic heterocycles. The molecule has 0 aromatic carbocycles. The summed E-state index contributed by atoms with van der Waals surface area (Å²) >= 11 is 0. The molecule has 0 saturated carbocycles. The van der Waals surface area contributed by atoms with Crippen molar-refractivity contribution in [3.8, 4) is 6.07 Å². The Morgan fingerprint density at radius 2 is 2.33 bits per heavy atom. The standard InChI is InChI=1S/C6H5BN2/c7-6-1-5(2-8)3-9-4-6/h1,3-4H,7H2. The van der Waals surface area contributed by atoms with Crippen molar-refractivity contribution in [3.05, 3.63) is 24.0 Å². The lowest BCUT2D eigenvalue weighted by atomic mass is 9.98. The molecule has 0 N–H and O–H groups in total. The van der Waals surface area contributed by atoms with Crippen molar-refractivity contribution in [2.75, 3.05) is 0 Å². The van der Waals surface area contributed by atoms with Gasteiger partial charge in [0.1, 0.15) is 13.9 Å². The summed E-state index contributed by atoms with van der Waals surface area (Å²) in [6, 6.07) is 3.80. The number of hydrogen-bond donors (Lipinski definition) is 0. The molecule has 0 bridgehead atoms. The first-order valence-corrected chi connectivity index (χ1v) is 2.64. The molecule has 9 heavy (non-hydrogen) atoms. The molecular formula is C6H5BN2. The highest BCUT2D eigenvalue weighted by Gasteiger charge is 1.87. The summed E-state index contributed by atoms with van der Waals surface area (Å²) in [7, 11) is 1.91. The second-order valence-electron chi connectivity index (χ2n) is 1.86. The Balaban J connectivity index is 3.12. The first kappa shape index (κ1) is 5.83. The molecule has 1 heterocycles. The van der Waals surface area contributed by atoms with Gasteiger partial charge in [0.2, 0.25) is 0 Å². The molecule has 0 aliphatic heterocycles. The predicted octanol–water partition coefficient (Wildman–Crippen LogP) is -0.788. The first-order chi connectivity index (χ1) is 4.33. The highest BCUT2D eigenvalue weighted by atomic mass is 14.6. The van der Waals surface area contributed by atoms with Gasteiger partial charge in [-0.3, -0.25) is 4.98 Å². The Morgan fingerprint density at radius 3 is 2.78 bits per heavy atom. The first-order valence-electron chi connectivity index (χ1n) is 2.64. The van der Waals surface area contributed by atoms with Crippen LogP contribution >= 0.6 is 0 Å². The Morgan fingerprint density at radius 1 is 1.56 bits per heavy atom. The van der Waals surface area contributed by atoms with Gasteiger partial charge in [-0.25, -0.2) is 0 Å². The van der Waals surface area contributed by atoms with Crippen LogP contribution in [-0.4, -0.2) is 12.8 Å². The second-order valence-corrected chi connectivity index (χ2v) is 1.86. The third-order valence-corrected chi connectivity index (χ3v) is 1.00. The zero-order valence-corrected chi connectivity index (χ0v) is 5.13. The molecule has 2 nitrogen and oxygen atoms in total. The van der Waals surface area contributed by atoms with Gasteiger partial charge >= 0.3 is 0 Å². The molecule has 0 atom stereocenters. The fourth-order valence-electron chi connectivity index (χ4n) is 0.616. The van der Waals surface area contributed by atoms with Gasteiger partial charge in [0.05, 0.1) is 5.56 Å². The molecule has 0 saturated heterocycles. The number of nitriles is 1.